The van der Waals surface area contributed by atoms with Crippen molar-refractivity contribution < 1.29 is 13.2 Å². The van der Waals surface area contributed by atoms with Crippen LogP contribution in [-0.2, 0) is 14.6 Å². The van der Waals surface area contributed by atoms with Gasteiger partial charge in [-0.25, -0.2) is 8.42 Å². The number of carbonyl (C=O) groups excluding carboxylic acids is 1. The minimum atomic E-state index is -3.39. The second kappa shape index (κ2) is 6.74. The molecule has 1 aromatic carbocycles. The van der Waals surface area contributed by atoms with Crippen LogP contribution in [0, 0.1) is 12.8 Å². The zero-order chi connectivity index (χ0) is 15.3. The number of hydrogen-bond donors (Lipinski definition) is 2. The number of nitrogens with two attached hydrogens (primary N) is 1. The van der Waals surface area contributed by atoms with Crippen LogP contribution in [0.5, 0.6) is 0 Å². The highest BCUT2D eigenvalue weighted by Crippen LogP contribution is 2.22. The zero-order valence-electron chi connectivity index (χ0n) is 12.1. The van der Waals surface area contributed by atoms with Gasteiger partial charge in [-0.1, -0.05) is 32.4 Å². The van der Waals surface area contributed by atoms with Gasteiger partial charge in [-0.2, -0.15) is 0 Å². The van der Waals surface area contributed by atoms with Crippen LogP contribution in [0.2, 0.25) is 0 Å². The Bertz CT molecular complexity index is 562. The van der Waals surface area contributed by atoms with Gasteiger partial charge < -0.3 is 11.1 Å². The maximum Gasteiger partial charge on any atom is 0.239 e. The Labute approximate surface area is 120 Å². The lowest BCUT2D eigenvalue weighted by Gasteiger charge is -2.12. The van der Waals surface area contributed by atoms with Crippen LogP contribution in [0.1, 0.15) is 25.8 Å². The van der Waals surface area contributed by atoms with Crippen molar-refractivity contribution >= 4 is 27.1 Å². The van der Waals surface area contributed by atoms with E-state index in [0.717, 1.165) is 12.0 Å². The van der Waals surface area contributed by atoms with E-state index < -0.39 is 21.5 Å². The molecular formula is C14H22N2O3S. The van der Waals surface area contributed by atoms with Gasteiger partial charge in [0.1, 0.15) is 5.75 Å². The lowest BCUT2D eigenvalue weighted by molar-refractivity contribution is -0.113. The van der Waals surface area contributed by atoms with Gasteiger partial charge in [0, 0.05) is 0 Å². The lowest BCUT2D eigenvalue weighted by atomic mass is 10.1. The molecule has 0 heterocycles. The molecule has 0 spiro atoms. The lowest BCUT2D eigenvalue weighted by Crippen LogP contribution is -2.27. The molecule has 1 rings (SSSR count). The molecule has 5 nitrogen and oxygen atoms in total. The second-order valence-corrected chi connectivity index (χ2v) is 7.26. The van der Waals surface area contributed by atoms with Crippen LogP contribution in [0.15, 0.2) is 18.2 Å². The summed E-state index contributed by atoms with van der Waals surface area (Å²) in [6.45, 7) is 5.59. The van der Waals surface area contributed by atoms with Gasteiger partial charge in [0.2, 0.25) is 5.91 Å². The molecule has 0 aliphatic carbocycles. The first kappa shape index (κ1) is 16.5. The number of sulfone groups is 1. The van der Waals surface area contributed by atoms with Gasteiger partial charge in [0.15, 0.2) is 9.84 Å². The fourth-order valence-electron chi connectivity index (χ4n) is 1.85. The van der Waals surface area contributed by atoms with Crippen molar-refractivity contribution in [1.29, 1.82) is 0 Å². The molecular weight excluding hydrogens is 276 g/mol. The Kier molecular flexibility index (Phi) is 5.56. The van der Waals surface area contributed by atoms with Gasteiger partial charge in [-0.15, -0.1) is 0 Å². The summed E-state index contributed by atoms with van der Waals surface area (Å²) >= 11 is 0. The highest BCUT2D eigenvalue weighted by Gasteiger charge is 2.20. The molecule has 0 bridgehead atoms. The normalized spacial score (nSPS) is 12.9. The largest absolute Gasteiger partial charge is 0.397 e. The Morgan fingerprint density at radius 3 is 2.60 bits per heavy atom. The van der Waals surface area contributed by atoms with Crippen molar-refractivity contribution in [1.82, 2.24) is 0 Å². The van der Waals surface area contributed by atoms with Crippen LogP contribution in [0.25, 0.3) is 0 Å². The number of hydrogen-bond acceptors (Lipinski definition) is 4. The second-order valence-electron chi connectivity index (χ2n) is 5.16. The summed E-state index contributed by atoms with van der Waals surface area (Å²) < 4.78 is 23.8. The van der Waals surface area contributed by atoms with Crippen molar-refractivity contribution in [3.05, 3.63) is 23.8 Å². The van der Waals surface area contributed by atoms with Crippen molar-refractivity contribution in [3.63, 3.8) is 0 Å². The van der Waals surface area contributed by atoms with Crippen molar-refractivity contribution in [2.24, 2.45) is 5.92 Å². The molecule has 20 heavy (non-hydrogen) atoms. The summed E-state index contributed by atoms with van der Waals surface area (Å²) in [5, 5.41) is 2.58. The van der Waals surface area contributed by atoms with Crippen LogP contribution in [-0.4, -0.2) is 25.8 Å². The van der Waals surface area contributed by atoms with E-state index in [1.165, 1.54) is 0 Å². The first-order valence-corrected chi connectivity index (χ1v) is 8.42. The van der Waals surface area contributed by atoms with Gasteiger partial charge in [0.05, 0.1) is 17.1 Å². The maximum absolute atomic E-state index is 11.9. The number of anilines is 2. The van der Waals surface area contributed by atoms with Gasteiger partial charge in [0.25, 0.3) is 0 Å². The molecule has 1 unspecified atom stereocenters. The minimum absolute atomic E-state index is 0.0280. The highest BCUT2D eigenvalue weighted by molar-refractivity contribution is 7.92. The third-order valence-electron chi connectivity index (χ3n) is 3.16. The van der Waals surface area contributed by atoms with Crippen LogP contribution >= 0.6 is 0 Å². The van der Waals surface area contributed by atoms with Gasteiger partial charge >= 0.3 is 0 Å². The standard InChI is InChI=1S/C14H22N2O3S/c1-4-10(2)8-20(18,19)9-13(17)16-14-11(3)6-5-7-12(14)15/h5-7,10H,4,8-9,15H2,1-3H3,(H,16,17). The summed E-state index contributed by atoms with van der Waals surface area (Å²) in [6, 6.07) is 5.25. The smallest absolute Gasteiger partial charge is 0.239 e. The van der Waals surface area contributed by atoms with E-state index in [9.17, 15) is 13.2 Å². The fourth-order valence-corrected chi connectivity index (χ4v) is 3.54. The first-order valence-electron chi connectivity index (χ1n) is 6.60. The summed E-state index contributed by atoms with van der Waals surface area (Å²) in [5.41, 5.74) is 7.49. The molecule has 0 radical (unpaired) electrons. The van der Waals surface area contributed by atoms with E-state index in [1.54, 1.807) is 25.1 Å². The third kappa shape index (κ3) is 4.85. The zero-order valence-corrected chi connectivity index (χ0v) is 13.0. The highest BCUT2D eigenvalue weighted by atomic mass is 32.2. The fraction of sp³-hybridized carbons (Fsp3) is 0.500. The van der Waals surface area contributed by atoms with Crippen molar-refractivity contribution in [2.75, 3.05) is 22.6 Å². The number of amides is 1. The summed E-state index contributed by atoms with van der Waals surface area (Å²) in [4.78, 5) is 11.9. The first-order chi connectivity index (χ1) is 9.25. The molecule has 6 heteroatoms. The third-order valence-corrected chi connectivity index (χ3v) is 4.93. The number of rotatable bonds is 6. The average molecular weight is 298 g/mol. The summed E-state index contributed by atoms with van der Waals surface area (Å²) in [6.07, 6.45) is 0.769. The maximum atomic E-state index is 11.9. The molecule has 112 valence electrons. The Balaban J connectivity index is 2.73. The molecule has 0 aromatic heterocycles. The Hall–Kier alpha value is -1.56. The number of benzene rings is 1. The quantitative estimate of drug-likeness (QED) is 0.786. The molecule has 1 atom stereocenters. The monoisotopic (exact) mass is 298 g/mol. The molecule has 3 N–H and O–H groups in total. The Morgan fingerprint density at radius 1 is 1.40 bits per heavy atom. The SMILES string of the molecule is CCC(C)CS(=O)(=O)CC(=O)Nc1c(C)cccc1N. The number of nitrogen functional groups attached to an aromatic ring is 1. The van der Waals surface area contributed by atoms with E-state index in [1.807, 2.05) is 13.8 Å². The predicted octanol–water partition coefficient (Wildman–Crippen LogP) is 1.98. The van der Waals surface area contributed by atoms with E-state index in [4.69, 9.17) is 5.73 Å². The number of nitrogens with one attached hydrogen (secondary N) is 1. The Morgan fingerprint density at radius 2 is 2.05 bits per heavy atom. The van der Waals surface area contributed by atoms with E-state index in [2.05, 4.69) is 5.32 Å². The van der Waals surface area contributed by atoms with Crippen LogP contribution in [0.4, 0.5) is 11.4 Å². The molecule has 0 aliphatic heterocycles. The summed E-state index contributed by atoms with van der Waals surface area (Å²) in [5.74, 6) is -0.976. The topological polar surface area (TPSA) is 89.3 Å². The number of carbonyl (C=O) groups is 1. The molecule has 0 fully saturated rings. The van der Waals surface area contributed by atoms with Crippen molar-refractivity contribution in [2.45, 2.75) is 27.2 Å². The van der Waals surface area contributed by atoms with Crippen LogP contribution < -0.4 is 11.1 Å². The molecule has 0 aliphatic rings. The van der Waals surface area contributed by atoms with E-state index >= 15 is 0 Å². The number of aryl methyl sites for hydroxylation is 1. The van der Waals surface area contributed by atoms with Crippen molar-refractivity contribution in [3.8, 4) is 0 Å². The minimum Gasteiger partial charge on any atom is -0.397 e. The average Bonchev–Trinajstić information content (AvgIpc) is 2.32. The molecule has 1 amide bonds. The van der Waals surface area contributed by atoms with Crippen LogP contribution in [0.3, 0.4) is 0 Å². The molecule has 0 saturated heterocycles. The molecule has 0 saturated carbocycles. The summed E-state index contributed by atoms with van der Waals surface area (Å²) in [7, 11) is -3.39. The predicted molar refractivity (Wildman–Crippen MR) is 82.3 cm³/mol. The number of para-hydroxylation sites is 1. The van der Waals surface area contributed by atoms with Gasteiger partial charge in [-0.05, 0) is 24.5 Å². The van der Waals surface area contributed by atoms with E-state index in [-0.39, 0.29) is 11.7 Å². The van der Waals surface area contributed by atoms with E-state index in [0.29, 0.717) is 11.4 Å². The van der Waals surface area contributed by atoms with Gasteiger partial charge in [-0.3, -0.25) is 4.79 Å². The molecule has 1 aromatic rings.